The highest BCUT2D eigenvalue weighted by atomic mass is 15.1. The molecule has 0 fully saturated rings. The number of hydrogen-bond donors (Lipinski definition) is 0. The van der Waals surface area contributed by atoms with E-state index in [4.69, 9.17) is 0 Å². The van der Waals surface area contributed by atoms with E-state index in [9.17, 15) is 0 Å². The lowest BCUT2D eigenvalue weighted by Gasteiger charge is -2.31. The summed E-state index contributed by atoms with van der Waals surface area (Å²) in [7, 11) is 0. The molecule has 3 rings (SSSR count). The second-order valence-electron chi connectivity index (χ2n) is 6.34. The molecule has 0 unspecified atom stereocenters. The fraction of sp³-hybridized carbons (Fsp3) is 0.579. The number of anilines is 1. The molecule has 0 bridgehead atoms. The van der Waals surface area contributed by atoms with Crippen LogP contribution in [0.2, 0.25) is 0 Å². The van der Waals surface area contributed by atoms with Crippen LogP contribution in [0.15, 0.2) is 36.4 Å². The number of rotatable bonds is 6. The fourth-order valence-corrected chi connectivity index (χ4v) is 3.55. The molecule has 0 N–H and O–H groups in total. The first-order valence-electron chi connectivity index (χ1n) is 8.64. The van der Waals surface area contributed by atoms with Crippen LogP contribution in [0.4, 0.5) is 5.69 Å². The quantitative estimate of drug-likeness (QED) is 0.578. The molecule has 1 aromatic rings. The maximum absolute atomic E-state index is 2.60. The van der Waals surface area contributed by atoms with E-state index >= 15 is 0 Å². The van der Waals surface area contributed by atoms with E-state index in [2.05, 4.69) is 46.2 Å². The number of fused-ring (bicyclic) bond motifs is 1. The van der Waals surface area contributed by atoms with Gasteiger partial charge in [-0.25, -0.2) is 0 Å². The third-order valence-electron chi connectivity index (χ3n) is 4.75. The molecular weight excluding hydrogens is 256 g/mol. The third-order valence-corrected chi connectivity index (χ3v) is 4.75. The monoisotopic (exact) mass is 284 g/mol. The zero-order valence-corrected chi connectivity index (χ0v) is 13.1. The van der Waals surface area contributed by atoms with Crippen molar-refractivity contribution in [3.63, 3.8) is 0 Å². The van der Waals surface area contributed by atoms with Crippen molar-refractivity contribution in [2.24, 2.45) is 0 Å². The van der Waals surface area contributed by atoms with Crippen LogP contribution in [0.5, 0.6) is 0 Å². The van der Waals surface area contributed by atoms with Crippen LogP contribution in [-0.2, 0) is 6.42 Å². The highest BCUT2D eigenvalue weighted by molar-refractivity contribution is 5.55. The molecule has 1 aromatic carbocycles. The Labute approximate surface area is 129 Å². The van der Waals surface area contributed by atoms with Gasteiger partial charge >= 0.3 is 0 Å². The summed E-state index contributed by atoms with van der Waals surface area (Å²) in [6.45, 7) is 6.18. The molecule has 2 aliphatic heterocycles. The van der Waals surface area contributed by atoms with Gasteiger partial charge in [-0.3, -0.25) is 4.90 Å². The standard InChI is InChI=1S/C19H28N2/c1-5-13-20(14-6-1)15-7-2-8-16-21-17-9-11-18-10-3-4-12-19(18)21/h1,3-5,10,12H,2,6-9,11,13-17H2. The van der Waals surface area contributed by atoms with E-state index in [1.165, 1.54) is 76.9 Å². The van der Waals surface area contributed by atoms with Crippen molar-refractivity contribution in [3.8, 4) is 0 Å². The first-order chi connectivity index (χ1) is 10.4. The summed E-state index contributed by atoms with van der Waals surface area (Å²) in [4.78, 5) is 5.18. The fourth-order valence-electron chi connectivity index (χ4n) is 3.55. The van der Waals surface area contributed by atoms with Crippen LogP contribution >= 0.6 is 0 Å². The van der Waals surface area contributed by atoms with Gasteiger partial charge in [0.25, 0.3) is 0 Å². The number of para-hydroxylation sites is 1. The molecule has 0 amide bonds. The van der Waals surface area contributed by atoms with Crippen molar-refractivity contribution in [3.05, 3.63) is 42.0 Å². The predicted octanol–water partition coefficient (Wildman–Crippen LogP) is 3.87. The Morgan fingerprint density at radius 3 is 2.71 bits per heavy atom. The maximum Gasteiger partial charge on any atom is 0.0398 e. The van der Waals surface area contributed by atoms with E-state index in [1.54, 1.807) is 5.56 Å². The molecule has 21 heavy (non-hydrogen) atoms. The van der Waals surface area contributed by atoms with Crippen molar-refractivity contribution >= 4 is 5.69 Å². The Balaban J connectivity index is 1.37. The maximum atomic E-state index is 2.60. The first-order valence-corrected chi connectivity index (χ1v) is 8.64. The van der Waals surface area contributed by atoms with Gasteiger partial charge in [0.15, 0.2) is 0 Å². The van der Waals surface area contributed by atoms with Crippen LogP contribution in [0, 0.1) is 0 Å². The van der Waals surface area contributed by atoms with E-state index in [1.807, 2.05) is 0 Å². The number of nitrogens with zero attached hydrogens (tertiary/aromatic N) is 2. The van der Waals surface area contributed by atoms with E-state index in [0.717, 1.165) is 0 Å². The molecule has 0 radical (unpaired) electrons. The summed E-state index contributed by atoms with van der Waals surface area (Å²) in [5.74, 6) is 0. The molecule has 0 saturated heterocycles. The van der Waals surface area contributed by atoms with Crippen molar-refractivity contribution in [2.75, 3.05) is 37.6 Å². The lowest BCUT2D eigenvalue weighted by Crippen LogP contribution is -2.30. The zero-order valence-electron chi connectivity index (χ0n) is 13.1. The van der Waals surface area contributed by atoms with Gasteiger partial charge in [0, 0.05) is 31.9 Å². The minimum Gasteiger partial charge on any atom is -0.371 e. The minimum atomic E-state index is 1.17. The van der Waals surface area contributed by atoms with E-state index < -0.39 is 0 Å². The highest BCUT2D eigenvalue weighted by Crippen LogP contribution is 2.26. The van der Waals surface area contributed by atoms with Crippen molar-refractivity contribution in [1.82, 2.24) is 4.90 Å². The first kappa shape index (κ1) is 14.6. The van der Waals surface area contributed by atoms with Crippen LogP contribution in [0.25, 0.3) is 0 Å². The Hall–Kier alpha value is -1.28. The summed E-state index contributed by atoms with van der Waals surface area (Å²) in [6.07, 6.45) is 12.5. The van der Waals surface area contributed by atoms with Gasteiger partial charge in [0.1, 0.15) is 0 Å². The van der Waals surface area contributed by atoms with Gasteiger partial charge in [-0.2, -0.15) is 0 Å². The van der Waals surface area contributed by atoms with Crippen LogP contribution in [0.3, 0.4) is 0 Å². The molecule has 0 saturated carbocycles. The molecule has 2 heteroatoms. The zero-order chi connectivity index (χ0) is 14.3. The molecule has 0 aromatic heterocycles. The summed E-state index contributed by atoms with van der Waals surface area (Å²) in [5, 5.41) is 0. The summed E-state index contributed by atoms with van der Waals surface area (Å²) < 4.78 is 0. The lowest BCUT2D eigenvalue weighted by molar-refractivity contribution is 0.291. The van der Waals surface area contributed by atoms with E-state index in [-0.39, 0.29) is 0 Å². The second-order valence-corrected chi connectivity index (χ2v) is 6.34. The van der Waals surface area contributed by atoms with Gasteiger partial charge in [-0.1, -0.05) is 36.8 Å². The third kappa shape index (κ3) is 4.10. The smallest absolute Gasteiger partial charge is 0.0398 e. The Morgan fingerprint density at radius 1 is 0.905 bits per heavy atom. The largest absolute Gasteiger partial charge is 0.371 e. The van der Waals surface area contributed by atoms with Gasteiger partial charge in [0.05, 0.1) is 0 Å². The van der Waals surface area contributed by atoms with Crippen LogP contribution in [-0.4, -0.2) is 37.6 Å². The topological polar surface area (TPSA) is 6.48 Å². The molecule has 0 spiro atoms. The Bertz CT molecular complexity index is 466. The van der Waals surface area contributed by atoms with Crippen molar-refractivity contribution in [1.29, 1.82) is 0 Å². The SMILES string of the molecule is C1=CCN(CCCCCN2CCCc3ccccc32)CC1. The minimum absolute atomic E-state index is 1.17. The number of benzene rings is 1. The number of hydrogen-bond acceptors (Lipinski definition) is 2. The number of unbranched alkanes of at least 4 members (excludes halogenated alkanes) is 2. The van der Waals surface area contributed by atoms with Crippen LogP contribution in [0.1, 0.15) is 37.7 Å². The molecular formula is C19H28N2. The highest BCUT2D eigenvalue weighted by Gasteiger charge is 2.15. The van der Waals surface area contributed by atoms with Gasteiger partial charge in [-0.05, 0) is 50.3 Å². The van der Waals surface area contributed by atoms with Crippen LogP contribution < -0.4 is 4.90 Å². The van der Waals surface area contributed by atoms with Crippen molar-refractivity contribution < 1.29 is 0 Å². The summed E-state index contributed by atoms with van der Waals surface area (Å²) >= 11 is 0. The van der Waals surface area contributed by atoms with Gasteiger partial charge < -0.3 is 4.90 Å². The molecule has 2 nitrogen and oxygen atoms in total. The average Bonchev–Trinajstić information content (AvgIpc) is 2.56. The normalized spacial score (nSPS) is 18.8. The van der Waals surface area contributed by atoms with Crippen molar-refractivity contribution in [2.45, 2.75) is 38.5 Å². The predicted molar refractivity (Wildman–Crippen MR) is 91.0 cm³/mol. The molecule has 114 valence electrons. The summed E-state index contributed by atoms with van der Waals surface area (Å²) in [5.41, 5.74) is 3.04. The van der Waals surface area contributed by atoms with E-state index in [0.29, 0.717) is 0 Å². The molecule has 2 aliphatic rings. The molecule has 0 aliphatic carbocycles. The number of aryl methyl sites for hydroxylation is 1. The average molecular weight is 284 g/mol. The summed E-state index contributed by atoms with van der Waals surface area (Å²) in [6, 6.07) is 8.95. The Morgan fingerprint density at radius 2 is 1.81 bits per heavy atom. The second kappa shape index (κ2) is 7.65. The van der Waals surface area contributed by atoms with Gasteiger partial charge in [-0.15, -0.1) is 0 Å². The molecule has 0 atom stereocenters. The molecule has 2 heterocycles. The van der Waals surface area contributed by atoms with Gasteiger partial charge in [0.2, 0.25) is 0 Å². The Kier molecular flexibility index (Phi) is 5.34. The lowest BCUT2D eigenvalue weighted by atomic mass is 10.0.